The molecule has 27 heavy (non-hydrogen) atoms. The third-order valence-electron chi connectivity index (χ3n) is 3.94. The highest BCUT2D eigenvalue weighted by molar-refractivity contribution is 7.17. The molecule has 0 saturated heterocycles. The molecule has 0 aliphatic rings. The van der Waals surface area contributed by atoms with Crippen molar-refractivity contribution in [3.05, 3.63) is 42.0 Å². The lowest BCUT2D eigenvalue weighted by atomic mass is 10.2. The van der Waals surface area contributed by atoms with Crippen LogP contribution in [0.15, 0.2) is 46.4 Å². The third-order valence-corrected chi connectivity index (χ3v) is 4.88. The maximum Gasteiger partial charge on any atom is 0.349 e. The zero-order chi connectivity index (χ0) is 19.0. The molecule has 2 N–H and O–H groups in total. The molecule has 4 aromatic rings. The number of esters is 1. The molecular weight excluding hydrogens is 372 g/mol. The molecule has 0 saturated carbocycles. The number of methoxy groups -OCH3 is 1. The van der Waals surface area contributed by atoms with E-state index in [1.807, 2.05) is 0 Å². The zero-order valence-corrected chi connectivity index (χ0v) is 14.9. The number of fused-ring (bicyclic) bond motifs is 2. The van der Waals surface area contributed by atoms with E-state index >= 15 is 0 Å². The Labute approximate surface area is 156 Å². The summed E-state index contributed by atoms with van der Waals surface area (Å²) in [6.07, 6.45) is 1.23. The third kappa shape index (κ3) is 3.22. The van der Waals surface area contributed by atoms with Gasteiger partial charge in [-0.25, -0.2) is 4.79 Å². The quantitative estimate of drug-likeness (QED) is 0.394. The fraction of sp³-hybridized carbons (Fsp3) is 0.105. The topological polar surface area (TPSA) is 98.4 Å². The minimum Gasteiger partial charge on any atom is -0.506 e. The molecule has 0 atom stereocenters. The number of thiophene rings is 1. The average molecular weight is 386 g/mol. The van der Waals surface area contributed by atoms with E-state index < -0.39 is 5.97 Å². The van der Waals surface area contributed by atoms with Gasteiger partial charge in [0, 0.05) is 21.5 Å². The molecular formula is C19H14O7S. The summed E-state index contributed by atoms with van der Waals surface area (Å²) < 4.78 is 21.9. The van der Waals surface area contributed by atoms with Gasteiger partial charge in [0.2, 0.25) is 0 Å². The van der Waals surface area contributed by atoms with Gasteiger partial charge in [0.15, 0.2) is 23.9 Å². The first-order valence-electron chi connectivity index (χ1n) is 7.87. The molecule has 2 aromatic heterocycles. The molecule has 2 heterocycles. The fourth-order valence-corrected chi connectivity index (χ4v) is 3.47. The van der Waals surface area contributed by atoms with Gasteiger partial charge in [0.1, 0.15) is 23.3 Å². The number of furan rings is 1. The van der Waals surface area contributed by atoms with E-state index in [4.69, 9.17) is 18.6 Å². The number of ether oxygens (including phenoxy) is 3. The van der Waals surface area contributed by atoms with E-state index in [1.54, 1.807) is 35.7 Å². The molecule has 0 unspecified atom stereocenters. The Kier molecular flexibility index (Phi) is 4.25. The molecule has 0 fully saturated rings. The van der Waals surface area contributed by atoms with Gasteiger partial charge in [0.05, 0.1) is 12.5 Å². The normalized spacial score (nSPS) is 11.0. The summed E-state index contributed by atoms with van der Waals surface area (Å²) in [4.78, 5) is 12.2. The first-order chi connectivity index (χ1) is 13.0. The Morgan fingerprint density at radius 2 is 1.96 bits per heavy atom. The molecule has 0 spiro atoms. The van der Waals surface area contributed by atoms with Crippen molar-refractivity contribution in [3.63, 3.8) is 0 Å². The Morgan fingerprint density at radius 1 is 1.11 bits per heavy atom. The van der Waals surface area contributed by atoms with Crippen molar-refractivity contribution in [1.29, 1.82) is 0 Å². The second-order valence-electron chi connectivity index (χ2n) is 5.66. The summed E-state index contributed by atoms with van der Waals surface area (Å²) in [7, 11) is 1.45. The molecule has 0 bridgehead atoms. The number of carbonyl (C=O) groups excluding carboxylic acids is 1. The molecule has 8 heteroatoms. The number of carbonyl (C=O) groups is 1. The number of aromatic hydroxyl groups is 2. The molecule has 0 aliphatic heterocycles. The van der Waals surface area contributed by atoms with Crippen molar-refractivity contribution in [2.75, 3.05) is 13.7 Å². The van der Waals surface area contributed by atoms with E-state index in [2.05, 4.69) is 0 Å². The smallest absolute Gasteiger partial charge is 0.349 e. The van der Waals surface area contributed by atoms with Crippen LogP contribution in [-0.2, 0) is 4.79 Å². The summed E-state index contributed by atoms with van der Waals surface area (Å²) in [6, 6.07) is 8.07. The highest BCUT2D eigenvalue weighted by Crippen LogP contribution is 2.39. The van der Waals surface area contributed by atoms with Crippen molar-refractivity contribution in [3.8, 4) is 28.7 Å². The van der Waals surface area contributed by atoms with Crippen molar-refractivity contribution in [2.45, 2.75) is 0 Å². The first kappa shape index (κ1) is 17.0. The summed E-state index contributed by atoms with van der Waals surface area (Å²) >= 11 is 1.33. The number of rotatable bonds is 5. The lowest BCUT2D eigenvalue weighted by molar-refractivity contribution is -0.136. The van der Waals surface area contributed by atoms with E-state index in [0.29, 0.717) is 27.9 Å². The fourth-order valence-electron chi connectivity index (χ4n) is 2.64. The van der Waals surface area contributed by atoms with Gasteiger partial charge in [-0.15, -0.1) is 11.3 Å². The van der Waals surface area contributed by atoms with Gasteiger partial charge in [-0.05, 0) is 24.3 Å². The largest absolute Gasteiger partial charge is 0.506 e. The van der Waals surface area contributed by atoms with Crippen LogP contribution < -0.4 is 14.2 Å². The van der Waals surface area contributed by atoms with Gasteiger partial charge in [-0.3, -0.25) is 0 Å². The summed E-state index contributed by atoms with van der Waals surface area (Å²) in [6.45, 7) is -0.332. The maximum absolute atomic E-state index is 12.2. The Morgan fingerprint density at radius 3 is 2.78 bits per heavy atom. The molecule has 7 nitrogen and oxygen atoms in total. The number of hydrogen-bond donors (Lipinski definition) is 2. The summed E-state index contributed by atoms with van der Waals surface area (Å²) in [5, 5.41) is 22.2. The van der Waals surface area contributed by atoms with Crippen LogP contribution in [0.5, 0.6) is 28.7 Å². The van der Waals surface area contributed by atoms with Crippen molar-refractivity contribution >= 4 is 38.4 Å². The van der Waals surface area contributed by atoms with Gasteiger partial charge < -0.3 is 28.8 Å². The predicted octanol–water partition coefficient (Wildman–Crippen LogP) is 4.05. The van der Waals surface area contributed by atoms with Crippen LogP contribution in [0.2, 0.25) is 0 Å². The standard InChI is InChI=1S/C19H14O7S/c1-23-16-5-12-14(21)9-27-18(12)6-17(16)26-19(22)8-24-10-2-3-15-11(4-10)13(20)7-25-15/h2-7,9,20-21H,8H2,1H3. The maximum atomic E-state index is 12.2. The monoisotopic (exact) mass is 386 g/mol. The molecule has 0 radical (unpaired) electrons. The minimum atomic E-state index is -0.620. The van der Waals surface area contributed by atoms with Crippen LogP contribution in [0.25, 0.3) is 21.1 Å². The lowest BCUT2D eigenvalue weighted by Gasteiger charge is -2.10. The molecule has 4 rings (SSSR count). The zero-order valence-electron chi connectivity index (χ0n) is 14.1. The van der Waals surface area contributed by atoms with Crippen LogP contribution >= 0.6 is 11.3 Å². The van der Waals surface area contributed by atoms with Crippen LogP contribution in [-0.4, -0.2) is 29.9 Å². The van der Waals surface area contributed by atoms with Crippen LogP contribution in [0.3, 0.4) is 0 Å². The van der Waals surface area contributed by atoms with Crippen molar-refractivity contribution < 1.29 is 33.6 Å². The van der Waals surface area contributed by atoms with E-state index in [1.165, 1.54) is 24.7 Å². The minimum absolute atomic E-state index is 0.00438. The summed E-state index contributed by atoms with van der Waals surface area (Å²) in [5.41, 5.74) is 0.514. The highest BCUT2D eigenvalue weighted by atomic mass is 32.1. The molecule has 0 aliphatic carbocycles. The summed E-state index contributed by atoms with van der Waals surface area (Å²) in [5.74, 6) is 0.479. The Bertz CT molecular complexity index is 1140. The lowest BCUT2D eigenvalue weighted by Crippen LogP contribution is -2.18. The van der Waals surface area contributed by atoms with Gasteiger partial charge >= 0.3 is 5.97 Å². The second kappa shape index (κ2) is 6.73. The Balaban J connectivity index is 1.48. The van der Waals surface area contributed by atoms with Crippen LogP contribution in [0, 0.1) is 0 Å². The van der Waals surface area contributed by atoms with Crippen LogP contribution in [0.4, 0.5) is 0 Å². The average Bonchev–Trinajstić information content (AvgIpc) is 3.22. The Hall–Kier alpha value is -3.39. The number of benzene rings is 2. The van der Waals surface area contributed by atoms with E-state index in [-0.39, 0.29) is 23.9 Å². The predicted molar refractivity (Wildman–Crippen MR) is 99.1 cm³/mol. The molecule has 138 valence electrons. The molecule has 2 aromatic carbocycles. The van der Waals surface area contributed by atoms with Gasteiger partial charge in [-0.2, -0.15) is 0 Å². The van der Waals surface area contributed by atoms with Gasteiger partial charge in [-0.1, -0.05) is 0 Å². The van der Waals surface area contributed by atoms with Crippen molar-refractivity contribution in [1.82, 2.24) is 0 Å². The second-order valence-corrected chi connectivity index (χ2v) is 6.57. The van der Waals surface area contributed by atoms with Crippen molar-refractivity contribution in [2.24, 2.45) is 0 Å². The van der Waals surface area contributed by atoms with Crippen LogP contribution in [0.1, 0.15) is 0 Å². The van der Waals surface area contributed by atoms with E-state index in [0.717, 1.165) is 4.70 Å². The first-order valence-corrected chi connectivity index (χ1v) is 8.75. The molecule has 0 amide bonds. The van der Waals surface area contributed by atoms with Gasteiger partial charge in [0.25, 0.3) is 0 Å². The SMILES string of the molecule is COc1cc2c(O)csc2cc1OC(=O)COc1ccc2occ(O)c2c1. The van der Waals surface area contributed by atoms with E-state index in [9.17, 15) is 15.0 Å². The number of hydrogen-bond acceptors (Lipinski definition) is 8. The highest BCUT2D eigenvalue weighted by Gasteiger charge is 2.15.